The van der Waals surface area contributed by atoms with E-state index in [9.17, 15) is 0 Å². The molecule has 2 aromatic rings. The minimum atomic E-state index is 0.478. The molecule has 1 aromatic heterocycles. The predicted octanol–water partition coefficient (Wildman–Crippen LogP) is 3.74. The molecule has 0 aliphatic rings. The van der Waals surface area contributed by atoms with Crippen molar-refractivity contribution in [2.45, 2.75) is 26.7 Å². The van der Waals surface area contributed by atoms with Gasteiger partial charge in [-0.1, -0.05) is 13.8 Å². The Morgan fingerprint density at radius 2 is 2.07 bits per heavy atom. The van der Waals surface area contributed by atoms with Crippen LogP contribution in [0.1, 0.15) is 30.3 Å². The highest BCUT2D eigenvalue weighted by molar-refractivity contribution is 7.18. The minimum Gasteiger partial charge on any atom is -0.496 e. The fourth-order valence-electron chi connectivity index (χ4n) is 1.71. The average Bonchev–Trinajstić information content (AvgIpc) is 2.54. The number of hydrogen-bond acceptors (Lipinski definition) is 3. The molecule has 0 saturated heterocycles. The quantitative estimate of drug-likeness (QED) is 0.770. The molecule has 2 rings (SSSR count). The maximum Gasteiger partial charge on any atom is 0.124 e. The third-order valence-corrected chi connectivity index (χ3v) is 3.40. The van der Waals surface area contributed by atoms with E-state index in [1.807, 2.05) is 13.0 Å². The summed E-state index contributed by atoms with van der Waals surface area (Å²) in [5, 5.41) is 1.10. The molecule has 0 saturated carbocycles. The smallest absolute Gasteiger partial charge is 0.124 e. The van der Waals surface area contributed by atoms with Crippen molar-refractivity contribution in [1.29, 1.82) is 0 Å². The van der Waals surface area contributed by atoms with Crippen molar-refractivity contribution in [2.75, 3.05) is 7.11 Å². The standard InChI is InChI=1S/C12H15NOS/c1-7(2)9-5-12-10(6-11(9)14-4)13-8(3)15-12/h5-7H,1-4H3. The molecule has 0 amide bonds. The molecular weight excluding hydrogens is 206 g/mol. The predicted molar refractivity (Wildman–Crippen MR) is 65.0 cm³/mol. The number of aromatic nitrogens is 1. The fraction of sp³-hybridized carbons (Fsp3) is 0.417. The van der Waals surface area contributed by atoms with Crippen molar-refractivity contribution in [2.24, 2.45) is 0 Å². The molecule has 0 fully saturated rings. The van der Waals surface area contributed by atoms with Gasteiger partial charge in [-0.2, -0.15) is 0 Å². The van der Waals surface area contributed by atoms with E-state index >= 15 is 0 Å². The lowest BCUT2D eigenvalue weighted by Gasteiger charge is -2.11. The Labute approximate surface area is 93.9 Å². The van der Waals surface area contributed by atoms with Crippen molar-refractivity contribution in [3.63, 3.8) is 0 Å². The summed E-state index contributed by atoms with van der Waals surface area (Å²) in [6, 6.07) is 4.23. The number of aryl methyl sites for hydroxylation is 1. The summed E-state index contributed by atoms with van der Waals surface area (Å²) in [6.45, 7) is 6.39. The van der Waals surface area contributed by atoms with E-state index < -0.39 is 0 Å². The van der Waals surface area contributed by atoms with Crippen LogP contribution in [0.5, 0.6) is 5.75 Å². The zero-order chi connectivity index (χ0) is 11.0. The monoisotopic (exact) mass is 221 g/mol. The Morgan fingerprint density at radius 3 is 2.67 bits per heavy atom. The molecule has 0 aliphatic carbocycles. The number of nitrogens with zero attached hydrogens (tertiary/aromatic N) is 1. The lowest BCUT2D eigenvalue weighted by atomic mass is 10.0. The van der Waals surface area contributed by atoms with E-state index in [1.165, 1.54) is 10.3 Å². The van der Waals surface area contributed by atoms with Crippen LogP contribution in [-0.2, 0) is 0 Å². The van der Waals surface area contributed by atoms with Crippen LogP contribution in [0, 0.1) is 6.92 Å². The zero-order valence-electron chi connectivity index (χ0n) is 9.50. The maximum atomic E-state index is 5.39. The fourth-order valence-corrected chi connectivity index (χ4v) is 2.57. The van der Waals surface area contributed by atoms with Gasteiger partial charge < -0.3 is 4.74 Å². The molecular formula is C12H15NOS. The number of rotatable bonds is 2. The Balaban J connectivity index is 2.68. The summed E-state index contributed by atoms with van der Waals surface area (Å²) in [4.78, 5) is 4.46. The van der Waals surface area contributed by atoms with E-state index in [1.54, 1.807) is 18.4 Å². The van der Waals surface area contributed by atoms with Gasteiger partial charge in [0, 0.05) is 6.07 Å². The number of methoxy groups -OCH3 is 1. The molecule has 0 spiro atoms. The van der Waals surface area contributed by atoms with Gasteiger partial charge in [-0.05, 0) is 24.5 Å². The lowest BCUT2D eigenvalue weighted by Crippen LogP contribution is -1.93. The number of thiazole rings is 1. The van der Waals surface area contributed by atoms with Crippen molar-refractivity contribution in [3.05, 3.63) is 22.7 Å². The van der Waals surface area contributed by atoms with Gasteiger partial charge in [0.15, 0.2) is 0 Å². The molecule has 3 heteroatoms. The Bertz CT molecular complexity index is 488. The van der Waals surface area contributed by atoms with Gasteiger partial charge in [0.2, 0.25) is 0 Å². The van der Waals surface area contributed by atoms with Crippen LogP contribution in [0.4, 0.5) is 0 Å². The van der Waals surface area contributed by atoms with Gasteiger partial charge in [0.25, 0.3) is 0 Å². The second-order valence-electron chi connectivity index (χ2n) is 3.95. The molecule has 0 aliphatic heterocycles. The molecule has 0 N–H and O–H groups in total. The van der Waals surface area contributed by atoms with Gasteiger partial charge >= 0.3 is 0 Å². The molecule has 2 nitrogen and oxygen atoms in total. The molecule has 80 valence electrons. The Hall–Kier alpha value is -1.09. The van der Waals surface area contributed by atoms with Crippen LogP contribution in [0.25, 0.3) is 10.2 Å². The van der Waals surface area contributed by atoms with Crippen LogP contribution < -0.4 is 4.74 Å². The summed E-state index contributed by atoms with van der Waals surface area (Å²) in [6.07, 6.45) is 0. The first-order valence-corrected chi connectivity index (χ1v) is 5.88. The molecule has 1 aromatic carbocycles. The first kappa shape index (κ1) is 10.4. The van der Waals surface area contributed by atoms with Gasteiger partial charge in [-0.3, -0.25) is 0 Å². The first-order chi connectivity index (χ1) is 7.11. The summed E-state index contributed by atoms with van der Waals surface area (Å²) in [7, 11) is 1.71. The average molecular weight is 221 g/mol. The second kappa shape index (κ2) is 3.81. The van der Waals surface area contributed by atoms with Crippen LogP contribution in [-0.4, -0.2) is 12.1 Å². The Morgan fingerprint density at radius 1 is 1.33 bits per heavy atom. The SMILES string of the molecule is COc1cc2nc(C)sc2cc1C(C)C. The molecule has 0 atom stereocenters. The number of benzene rings is 1. The van der Waals surface area contributed by atoms with Gasteiger partial charge in [-0.15, -0.1) is 11.3 Å². The summed E-state index contributed by atoms with van der Waals surface area (Å²) >= 11 is 1.74. The molecule has 0 bridgehead atoms. The summed E-state index contributed by atoms with van der Waals surface area (Å²) < 4.78 is 6.64. The van der Waals surface area contributed by atoms with Crippen LogP contribution >= 0.6 is 11.3 Å². The van der Waals surface area contributed by atoms with E-state index in [0.29, 0.717) is 5.92 Å². The summed E-state index contributed by atoms with van der Waals surface area (Å²) in [5.41, 5.74) is 2.30. The highest BCUT2D eigenvalue weighted by Crippen LogP contribution is 2.33. The molecule has 15 heavy (non-hydrogen) atoms. The van der Waals surface area contributed by atoms with E-state index in [0.717, 1.165) is 16.3 Å². The summed E-state index contributed by atoms with van der Waals surface area (Å²) in [5.74, 6) is 1.43. The van der Waals surface area contributed by atoms with E-state index in [4.69, 9.17) is 4.74 Å². The normalized spacial score (nSPS) is 11.3. The van der Waals surface area contributed by atoms with Crippen LogP contribution in [0.2, 0.25) is 0 Å². The third-order valence-electron chi connectivity index (χ3n) is 2.47. The number of ether oxygens (including phenoxy) is 1. The lowest BCUT2D eigenvalue weighted by molar-refractivity contribution is 0.408. The van der Waals surface area contributed by atoms with Crippen molar-refractivity contribution >= 4 is 21.6 Å². The zero-order valence-corrected chi connectivity index (χ0v) is 10.3. The third kappa shape index (κ3) is 1.84. The van der Waals surface area contributed by atoms with Gasteiger partial charge in [0.1, 0.15) is 5.75 Å². The van der Waals surface area contributed by atoms with Gasteiger partial charge in [0.05, 0.1) is 22.3 Å². The second-order valence-corrected chi connectivity index (χ2v) is 5.18. The van der Waals surface area contributed by atoms with Crippen LogP contribution in [0.3, 0.4) is 0 Å². The highest BCUT2D eigenvalue weighted by Gasteiger charge is 2.11. The largest absolute Gasteiger partial charge is 0.496 e. The van der Waals surface area contributed by atoms with E-state index in [-0.39, 0.29) is 0 Å². The topological polar surface area (TPSA) is 22.1 Å². The van der Waals surface area contributed by atoms with Crippen molar-refractivity contribution in [1.82, 2.24) is 4.98 Å². The number of hydrogen-bond donors (Lipinski definition) is 0. The molecule has 1 heterocycles. The first-order valence-electron chi connectivity index (χ1n) is 5.07. The van der Waals surface area contributed by atoms with Crippen LogP contribution in [0.15, 0.2) is 12.1 Å². The molecule has 0 radical (unpaired) electrons. The van der Waals surface area contributed by atoms with Gasteiger partial charge in [-0.25, -0.2) is 4.98 Å². The highest BCUT2D eigenvalue weighted by atomic mass is 32.1. The van der Waals surface area contributed by atoms with Crippen molar-refractivity contribution < 1.29 is 4.74 Å². The van der Waals surface area contributed by atoms with E-state index in [2.05, 4.69) is 24.9 Å². The Kier molecular flexibility index (Phi) is 2.65. The maximum absolute atomic E-state index is 5.39. The van der Waals surface area contributed by atoms with Crippen molar-refractivity contribution in [3.8, 4) is 5.75 Å². The minimum absolute atomic E-state index is 0.478. The molecule has 0 unspecified atom stereocenters. The number of fused-ring (bicyclic) bond motifs is 1.